The Labute approximate surface area is 366 Å². The van der Waals surface area contributed by atoms with Gasteiger partial charge < -0.3 is 40.6 Å². The zero-order chi connectivity index (χ0) is 46.2. The number of nitrogens with one attached hydrogen (secondary N) is 1. The van der Waals surface area contributed by atoms with Gasteiger partial charge >= 0.3 is 12.1 Å². The van der Waals surface area contributed by atoms with Crippen LogP contribution < -0.4 is 11.1 Å². The third kappa shape index (κ3) is 13.0. The van der Waals surface area contributed by atoms with Gasteiger partial charge in [0.05, 0.1) is 22.9 Å². The lowest BCUT2D eigenvalue weighted by Gasteiger charge is -2.28. The van der Waals surface area contributed by atoms with Gasteiger partial charge in [-0.2, -0.15) is 0 Å². The Morgan fingerprint density at radius 3 is 2.31 bits per heavy atom. The summed E-state index contributed by atoms with van der Waals surface area (Å²) in [5.74, 6) is -3.84. The summed E-state index contributed by atoms with van der Waals surface area (Å²) in [6, 6.07) is 0.958. The Morgan fingerprint density at radius 2 is 1.63 bits per heavy atom. The van der Waals surface area contributed by atoms with Gasteiger partial charge in [-0.15, -0.1) is 0 Å². The highest BCUT2D eigenvalue weighted by molar-refractivity contribution is 6.33. The van der Waals surface area contributed by atoms with Crippen molar-refractivity contribution in [2.24, 2.45) is 29.4 Å². The Hall–Kier alpha value is -5.57. The number of aliphatic hydroxyl groups excluding tert-OH is 1. The van der Waals surface area contributed by atoms with Crippen molar-refractivity contribution >= 4 is 46.9 Å². The fourth-order valence-electron chi connectivity index (χ4n) is 7.75. The Bertz CT molecular complexity index is 2180. The number of phenolic OH excluding ortho intramolecular Hbond substituents is 2. The third-order valence-corrected chi connectivity index (χ3v) is 11.6. The Kier molecular flexibility index (Phi) is 17.0. The molecule has 2 amide bonds. The highest BCUT2D eigenvalue weighted by Gasteiger charge is 2.39. The standard InChI is InChI=1S/C29H40N2O6.C18H17ClO6/c1-15-11-18(4)25(33)19(5)13-20(6)27(37-29(30)36)16(2)9-8-10-17(3)28(35)31-23-14-24(32)21(7)22(12-15)26(23)34;1-9-6-15-14(25-15)5-3-2-4-10(20)7-11-16(18(23)24-9)12(21)8-13(22)17(11)19/h8-10,13-16,18-19,25,27,33H,11-12H2,1-7H3,(H2,30,36)(H,31,35);2-5,8-9,14-15,21-22H,6-7H2,1H3/b9-8-,17-10+,20-13+;4-2+,5-3-/t15-,16-,18-,19-,25-,27+;9-,14-,15-/m01/s1. The number of benzene rings is 1. The smallest absolute Gasteiger partial charge is 0.405 e. The second kappa shape index (κ2) is 21.5. The number of primary amides is 1. The van der Waals surface area contributed by atoms with Crippen LogP contribution in [0.5, 0.6) is 11.5 Å². The Morgan fingerprint density at radius 1 is 0.935 bits per heavy atom. The molecule has 334 valence electrons. The van der Waals surface area contributed by atoms with Crippen molar-refractivity contribution in [1.29, 1.82) is 0 Å². The summed E-state index contributed by atoms with van der Waals surface area (Å²) in [5.41, 5.74) is 6.96. The van der Waals surface area contributed by atoms with E-state index in [1.54, 1.807) is 51.2 Å². The van der Waals surface area contributed by atoms with E-state index in [2.05, 4.69) is 5.32 Å². The molecule has 0 saturated carbocycles. The molecule has 6 N–H and O–H groups in total. The molecule has 62 heavy (non-hydrogen) atoms. The number of ether oxygens (including phenoxy) is 3. The second-order valence-electron chi connectivity index (χ2n) is 16.6. The van der Waals surface area contributed by atoms with Gasteiger partial charge in [-0.05, 0) is 64.0 Å². The molecule has 0 unspecified atom stereocenters. The van der Waals surface area contributed by atoms with E-state index < -0.39 is 47.8 Å². The predicted molar refractivity (Wildman–Crippen MR) is 232 cm³/mol. The number of halogens is 1. The molecule has 2 bridgehead atoms. The van der Waals surface area contributed by atoms with Gasteiger partial charge in [0.2, 0.25) is 5.78 Å². The molecule has 0 aromatic heterocycles. The molecule has 1 aliphatic carbocycles. The van der Waals surface area contributed by atoms with Crippen molar-refractivity contribution in [3.8, 4) is 11.5 Å². The third-order valence-electron chi connectivity index (χ3n) is 11.2. The number of phenols is 2. The number of epoxide rings is 1. The Balaban J connectivity index is 0.000000292. The summed E-state index contributed by atoms with van der Waals surface area (Å²) in [6.07, 6.45) is 12.9. The van der Waals surface area contributed by atoms with Gasteiger partial charge in [0.15, 0.2) is 11.6 Å². The summed E-state index contributed by atoms with van der Waals surface area (Å²) in [5, 5.41) is 33.3. The van der Waals surface area contributed by atoms with E-state index in [4.69, 9.17) is 31.5 Å². The molecule has 15 heteroatoms. The maximum atomic E-state index is 13.2. The number of esters is 1. The number of carbonyl (C=O) groups is 6. The number of carbonyl (C=O) groups excluding carboxylic acids is 6. The van der Waals surface area contributed by atoms with Crippen LogP contribution in [0.15, 0.2) is 88.7 Å². The lowest BCUT2D eigenvalue weighted by Crippen LogP contribution is -2.33. The first kappa shape index (κ1) is 49.1. The highest BCUT2D eigenvalue weighted by Crippen LogP contribution is 2.38. The molecule has 3 aliphatic heterocycles. The van der Waals surface area contributed by atoms with Crippen LogP contribution in [0, 0.1) is 23.7 Å². The van der Waals surface area contributed by atoms with Crippen molar-refractivity contribution in [1.82, 2.24) is 5.32 Å². The van der Waals surface area contributed by atoms with Crippen LogP contribution in [-0.2, 0) is 39.8 Å². The van der Waals surface area contributed by atoms with Gasteiger partial charge in [-0.25, -0.2) is 9.59 Å². The second-order valence-corrected chi connectivity index (χ2v) is 17.0. The normalized spacial score (nSPS) is 32.3. The van der Waals surface area contributed by atoms with E-state index in [0.29, 0.717) is 36.0 Å². The molecule has 0 spiro atoms. The SMILES string of the molecule is CC1=C2C[C@@H](C)C[C@H](C)[C@H](O)[C@@H](C)/C=C(\C)[C@H](OC(N)=O)[C@@H](C)/C=C\C=C(/C)C(=O)NC(=CC1=O)C2=O.C[C@@H]1C[C@H]2O[C@@H]2/C=C\C=C\C(=O)Cc2c(Cl)c(O)cc(O)c2C(=O)O1. The molecule has 4 aliphatic rings. The van der Waals surface area contributed by atoms with Crippen LogP contribution in [0.4, 0.5) is 4.79 Å². The number of rotatable bonds is 1. The molecule has 1 aromatic rings. The number of hydrogen-bond donors (Lipinski definition) is 5. The summed E-state index contributed by atoms with van der Waals surface area (Å²) in [7, 11) is 0. The molecular weight excluding hydrogens is 820 g/mol. The molecular formula is C47H57ClN2O12. The van der Waals surface area contributed by atoms with E-state index >= 15 is 0 Å². The van der Waals surface area contributed by atoms with Crippen LogP contribution >= 0.6 is 11.6 Å². The highest BCUT2D eigenvalue weighted by atomic mass is 35.5. The number of hydrogen-bond acceptors (Lipinski definition) is 12. The molecule has 3 heterocycles. The molecule has 9 atom stereocenters. The lowest BCUT2D eigenvalue weighted by molar-refractivity contribution is -0.120. The topological polar surface area (TPSA) is 232 Å². The summed E-state index contributed by atoms with van der Waals surface area (Å²) in [4.78, 5) is 74.7. The fraction of sp³-hybridized carbons (Fsp3) is 0.447. The fourth-order valence-corrected chi connectivity index (χ4v) is 7.97. The van der Waals surface area contributed by atoms with Crippen LogP contribution in [-0.4, -0.2) is 81.2 Å². The predicted octanol–water partition coefficient (Wildman–Crippen LogP) is 6.76. The van der Waals surface area contributed by atoms with Gasteiger partial charge in [0.25, 0.3) is 5.91 Å². The first-order chi connectivity index (χ1) is 29.1. The van der Waals surface area contributed by atoms with E-state index in [9.17, 15) is 44.1 Å². The van der Waals surface area contributed by atoms with Gasteiger partial charge in [0, 0.05) is 59.1 Å². The van der Waals surface area contributed by atoms with E-state index in [-0.39, 0.29) is 81.5 Å². The number of fused-ring (bicyclic) bond motifs is 4. The molecule has 1 aromatic carbocycles. The number of amides is 2. The maximum Gasteiger partial charge on any atom is 0.405 e. The number of nitrogens with two attached hydrogens (primary N) is 1. The minimum atomic E-state index is -0.902. The van der Waals surface area contributed by atoms with Crippen molar-refractivity contribution in [3.63, 3.8) is 0 Å². The van der Waals surface area contributed by atoms with Crippen LogP contribution in [0.2, 0.25) is 5.02 Å². The minimum absolute atomic E-state index is 0.00226. The summed E-state index contributed by atoms with van der Waals surface area (Å²) in [6.45, 7) is 14.4. The first-order valence-electron chi connectivity index (χ1n) is 20.6. The zero-order valence-electron chi connectivity index (χ0n) is 36.3. The van der Waals surface area contributed by atoms with E-state index in [0.717, 1.165) is 11.6 Å². The average molecular weight is 877 g/mol. The quantitative estimate of drug-likeness (QED) is 0.0853. The largest absolute Gasteiger partial charge is 0.507 e. The first-order valence-corrected chi connectivity index (χ1v) is 20.9. The molecule has 0 radical (unpaired) electrons. The van der Waals surface area contributed by atoms with E-state index in [1.807, 2.05) is 46.8 Å². The van der Waals surface area contributed by atoms with Crippen molar-refractivity contribution in [2.45, 2.75) is 112 Å². The molecule has 14 nitrogen and oxygen atoms in total. The number of Topliss-reactive ketones (excluding diaryl/α,β-unsaturated/α-hetero) is 1. The number of aliphatic hydroxyl groups is 1. The minimum Gasteiger partial charge on any atom is -0.507 e. The molecule has 1 fully saturated rings. The zero-order valence-corrected chi connectivity index (χ0v) is 37.0. The molecule has 1 saturated heterocycles. The summed E-state index contributed by atoms with van der Waals surface area (Å²) < 4.78 is 16.2. The maximum absolute atomic E-state index is 13.2. The van der Waals surface area contributed by atoms with Crippen LogP contribution in [0.3, 0.4) is 0 Å². The average Bonchev–Trinajstić information content (AvgIpc) is 3.93. The molecule has 5 rings (SSSR count). The lowest BCUT2D eigenvalue weighted by atomic mass is 9.81. The van der Waals surface area contributed by atoms with Crippen LogP contribution in [0.25, 0.3) is 0 Å². The van der Waals surface area contributed by atoms with Crippen molar-refractivity contribution in [3.05, 3.63) is 105 Å². The van der Waals surface area contributed by atoms with Crippen LogP contribution in [0.1, 0.15) is 90.6 Å². The number of allylic oxidation sites excluding steroid dienone is 8. The van der Waals surface area contributed by atoms with Gasteiger partial charge in [-0.1, -0.05) is 81.8 Å². The monoisotopic (exact) mass is 876 g/mol. The van der Waals surface area contributed by atoms with E-state index in [1.165, 1.54) is 12.2 Å². The number of cyclic esters (lactones) is 1. The summed E-state index contributed by atoms with van der Waals surface area (Å²) >= 11 is 6.05. The van der Waals surface area contributed by atoms with Crippen molar-refractivity contribution < 1.29 is 58.3 Å². The van der Waals surface area contributed by atoms with Crippen molar-refractivity contribution in [2.75, 3.05) is 0 Å². The van der Waals surface area contributed by atoms with Gasteiger partial charge in [-0.3, -0.25) is 19.2 Å². The number of aromatic hydroxyl groups is 2. The number of ketones is 3. The van der Waals surface area contributed by atoms with Gasteiger partial charge in [0.1, 0.15) is 35.4 Å².